The molecule has 4 aliphatic heterocycles. The van der Waals surface area contributed by atoms with Gasteiger partial charge in [0, 0.05) is 88.1 Å². The molecule has 0 atom stereocenters. The summed E-state index contributed by atoms with van der Waals surface area (Å²) in [6.45, 7) is 65.9. The molecule has 12 heteroatoms. The number of aromatic nitrogens is 7. The summed E-state index contributed by atoms with van der Waals surface area (Å²) in [4.78, 5) is 23.3. The topological polar surface area (TPSA) is 133 Å². The van der Waals surface area contributed by atoms with E-state index in [-0.39, 0.29) is 0 Å². The smallest absolute Gasteiger partial charge is 0.115 e. The number of hydrogen-bond donors (Lipinski definition) is 3. The van der Waals surface area contributed by atoms with Crippen molar-refractivity contribution in [3.05, 3.63) is 129 Å². The fraction of sp³-hybridized carbons (Fsp3) is 0.677. The van der Waals surface area contributed by atoms with E-state index >= 15 is 0 Å². The van der Waals surface area contributed by atoms with Crippen molar-refractivity contribution in [2.24, 2.45) is 0 Å². The van der Waals surface area contributed by atoms with Gasteiger partial charge in [0.05, 0.1) is 0 Å². The number of allylic oxidation sites excluding steroid dienone is 2. The van der Waals surface area contributed by atoms with Gasteiger partial charge in [0.25, 0.3) is 0 Å². The molecule has 0 spiro atoms. The zero-order valence-electron chi connectivity index (χ0n) is 57.5. The summed E-state index contributed by atoms with van der Waals surface area (Å²) in [5.41, 5.74) is 0. The van der Waals surface area contributed by atoms with Gasteiger partial charge in [0.15, 0.2) is 0 Å². The Labute approximate surface area is 487 Å². The number of nitrogens with zero attached hydrogens (tertiary/aromatic N) is 9. The van der Waals surface area contributed by atoms with Crippen LogP contribution >= 0.6 is 0 Å². The van der Waals surface area contributed by atoms with Crippen LogP contribution in [0.5, 0.6) is 0 Å². The van der Waals surface area contributed by atoms with Crippen LogP contribution in [0.4, 0.5) is 0 Å². The molecule has 0 amide bonds. The lowest BCUT2D eigenvalue weighted by molar-refractivity contribution is 0.181. The number of likely N-dealkylation sites (N-methyl/N-ethyl adjacent to an activating group) is 2. The van der Waals surface area contributed by atoms with Gasteiger partial charge in [0.1, 0.15) is 6.33 Å². The molecular weight excluding hydrogens is 949 g/mol. The summed E-state index contributed by atoms with van der Waals surface area (Å²) in [6.07, 6.45) is 34.3. The second kappa shape index (κ2) is 164. The van der Waals surface area contributed by atoms with E-state index in [1.165, 1.54) is 90.8 Å². The van der Waals surface area contributed by atoms with Crippen LogP contribution in [0.2, 0.25) is 0 Å². The van der Waals surface area contributed by atoms with Crippen LogP contribution in [0.3, 0.4) is 0 Å². The Morgan fingerprint density at radius 1 is 0.286 bits per heavy atom. The van der Waals surface area contributed by atoms with E-state index in [2.05, 4.69) is 87.1 Å². The number of hydrogen-bond acceptors (Lipinski definition) is 12. The highest BCUT2D eigenvalue weighted by Gasteiger charge is 2.07. The maximum atomic E-state index is 3.78. The van der Waals surface area contributed by atoms with Gasteiger partial charge in [-0.15, -0.1) is 0 Å². The molecule has 8 heterocycles. The molecule has 462 valence electrons. The van der Waals surface area contributed by atoms with Crippen LogP contribution in [-0.2, 0) is 0 Å². The fourth-order valence-electron chi connectivity index (χ4n) is 3.81. The van der Waals surface area contributed by atoms with Gasteiger partial charge >= 0.3 is 0 Å². The predicted molar refractivity (Wildman–Crippen MR) is 359 cm³/mol. The van der Waals surface area contributed by atoms with Crippen LogP contribution in [0.25, 0.3) is 0 Å². The molecule has 3 N–H and O–H groups in total. The normalized spacial score (nSPS) is 11.1. The molecule has 0 bridgehead atoms. The maximum Gasteiger partial charge on any atom is 0.115 e. The first-order valence-corrected chi connectivity index (χ1v) is 31.1. The zero-order chi connectivity index (χ0) is 63.0. The molecule has 3 fully saturated rings. The molecule has 0 unspecified atom stereocenters. The minimum absolute atomic E-state index is 1.08. The van der Waals surface area contributed by atoms with Crippen LogP contribution < -0.4 is 16.0 Å². The molecule has 12 nitrogen and oxygen atoms in total. The SMILES string of the molecule is C1=CNC=CC1.C1CCNC1.C1CCNCC1.CC.CC.CC.CC.CC.CC.CC.CC.CC.CC.CC.CC.CC.CC.CN1CCN(C)CC1.c1ccncc1.c1ccnnc1.c1cnccn1.c1cncnc1. The molecule has 4 aromatic heterocycles. The van der Waals surface area contributed by atoms with E-state index < -0.39 is 0 Å². The Balaban J connectivity index is -0.0000000462. The lowest BCUT2D eigenvalue weighted by Gasteiger charge is -2.28. The third kappa shape index (κ3) is 160. The summed E-state index contributed by atoms with van der Waals surface area (Å²) >= 11 is 0. The van der Waals surface area contributed by atoms with Gasteiger partial charge in [-0.1, -0.05) is 219 Å². The first-order chi connectivity index (χ1) is 38.3. The molecule has 4 aliphatic rings. The Morgan fingerprint density at radius 2 is 0.545 bits per heavy atom. The van der Waals surface area contributed by atoms with Gasteiger partial charge in [0.2, 0.25) is 0 Å². The third-order valence-electron chi connectivity index (χ3n) is 6.60. The van der Waals surface area contributed by atoms with E-state index in [9.17, 15) is 0 Å². The van der Waals surface area contributed by atoms with Gasteiger partial charge < -0.3 is 25.8 Å². The average Bonchev–Trinajstić information content (AvgIpc) is 4.21. The van der Waals surface area contributed by atoms with Crippen molar-refractivity contribution in [1.82, 2.24) is 60.9 Å². The van der Waals surface area contributed by atoms with Gasteiger partial charge in [-0.25, -0.2) is 9.97 Å². The molecule has 3 saturated heterocycles. The monoisotopic (exact) mass is 1090 g/mol. The lowest BCUT2D eigenvalue weighted by Crippen LogP contribution is -2.42. The van der Waals surface area contributed by atoms with E-state index in [1.807, 2.05) is 237 Å². The summed E-state index contributed by atoms with van der Waals surface area (Å²) in [5.74, 6) is 0. The number of rotatable bonds is 0. The Kier molecular flexibility index (Phi) is 231. The highest BCUT2D eigenvalue weighted by Crippen LogP contribution is 1.96. The Bertz CT molecular complexity index is 900. The molecule has 4 aromatic rings. The number of piperidine rings is 1. The van der Waals surface area contributed by atoms with Crippen LogP contribution in [0, 0.1) is 0 Å². The Morgan fingerprint density at radius 3 is 0.662 bits per heavy atom. The molecular formula is C65H142N12. The van der Waals surface area contributed by atoms with Crippen molar-refractivity contribution in [3.63, 3.8) is 0 Å². The van der Waals surface area contributed by atoms with Crippen molar-refractivity contribution in [2.75, 3.05) is 66.5 Å². The molecule has 0 radical (unpaired) electrons. The average molecular weight is 1090 g/mol. The van der Waals surface area contributed by atoms with Gasteiger partial charge in [-0.2, -0.15) is 10.2 Å². The maximum absolute atomic E-state index is 3.78. The van der Waals surface area contributed by atoms with Crippen molar-refractivity contribution in [3.8, 4) is 0 Å². The second-order valence-corrected chi connectivity index (χ2v) is 10.8. The molecule has 0 aromatic carbocycles. The van der Waals surface area contributed by atoms with Crippen molar-refractivity contribution in [1.29, 1.82) is 0 Å². The minimum atomic E-state index is 1.08. The highest BCUT2D eigenvalue weighted by molar-refractivity contribution is 4.99. The standard InChI is InChI=1S/C6H14N2.C5H11N.C5H7N.C5H5N.3C4H4N2.C4H9N.14C2H6/c1-7-3-5-8(2)6-4-7;3*1-2-4-6-5-3-1;1-2-6-4-3-5-1;1-2-5-4-6-3-1;1-2-4-6-5-3-1;1-2-4-5-3-1;14*1-2/h3-6H2,1-2H3;6H,1-5H2;2-6H,1H2;1-5H;3*1-4H;5H,1-4H2;14*1-2H3. The van der Waals surface area contributed by atoms with Gasteiger partial charge in [-0.3, -0.25) is 15.0 Å². The summed E-state index contributed by atoms with van der Waals surface area (Å²) in [7, 11) is 4.35. The fourth-order valence-corrected chi connectivity index (χ4v) is 3.81. The predicted octanol–water partition coefficient (Wildman–Crippen LogP) is 18.9. The van der Waals surface area contributed by atoms with Crippen molar-refractivity contribution in [2.45, 2.75) is 232 Å². The van der Waals surface area contributed by atoms with E-state index in [1.54, 1.807) is 68.0 Å². The first-order valence-electron chi connectivity index (χ1n) is 31.1. The van der Waals surface area contributed by atoms with Crippen LogP contribution in [0.15, 0.2) is 129 Å². The highest BCUT2D eigenvalue weighted by atomic mass is 15.2. The zero-order valence-corrected chi connectivity index (χ0v) is 57.5. The van der Waals surface area contributed by atoms with Crippen LogP contribution in [-0.4, -0.2) is 111 Å². The number of pyridine rings is 1. The first kappa shape index (κ1) is 108. The largest absolute Gasteiger partial charge is 0.368 e. The van der Waals surface area contributed by atoms with E-state index in [0.717, 1.165) is 6.42 Å². The molecule has 77 heavy (non-hydrogen) atoms. The van der Waals surface area contributed by atoms with Crippen molar-refractivity contribution < 1.29 is 0 Å². The summed E-state index contributed by atoms with van der Waals surface area (Å²) in [6, 6.07) is 11.1. The Hall–Kier alpha value is -4.49. The number of piperazine rings is 1. The molecule has 0 aliphatic carbocycles. The van der Waals surface area contributed by atoms with Crippen molar-refractivity contribution >= 4 is 0 Å². The second-order valence-electron chi connectivity index (χ2n) is 10.8. The minimum Gasteiger partial charge on any atom is -0.368 e. The number of nitrogens with one attached hydrogen (secondary N) is 3. The van der Waals surface area contributed by atoms with E-state index in [4.69, 9.17) is 0 Å². The quantitative estimate of drug-likeness (QED) is 0.155. The summed E-state index contributed by atoms with van der Waals surface area (Å²) in [5, 5.41) is 16.5. The summed E-state index contributed by atoms with van der Waals surface area (Å²) < 4.78 is 0. The van der Waals surface area contributed by atoms with Gasteiger partial charge in [-0.05, 0) is 115 Å². The number of dihydropyridines is 1. The van der Waals surface area contributed by atoms with Crippen LogP contribution in [0.1, 0.15) is 232 Å². The third-order valence-corrected chi connectivity index (χ3v) is 6.60. The molecule has 8 rings (SSSR count). The lowest BCUT2D eigenvalue weighted by atomic mass is 10.2. The molecule has 0 saturated carbocycles. The van der Waals surface area contributed by atoms with E-state index in [0.29, 0.717) is 0 Å².